The molecule has 1 saturated heterocycles. The van der Waals surface area contributed by atoms with Crippen LogP contribution in [0.5, 0.6) is 5.75 Å². The lowest BCUT2D eigenvalue weighted by Gasteiger charge is -2.34. The molecule has 1 aliphatic carbocycles. The van der Waals surface area contributed by atoms with Crippen molar-refractivity contribution >= 4 is 29.0 Å². The van der Waals surface area contributed by atoms with Gasteiger partial charge in [-0.2, -0.15) is 18.2 Å². The number of nitrogens with zero attached hydrogens (tertiary/aromatic N) is 4. The number of piperazine rings is 1. The molecule has 2 aromatic rings. The van der Waals surface area contributed by atoms with Crippen LogP contribution in [-0.4, -0.2) is 67.2 Å². The molecule has 2 fully saturated rings. The van der Waals surface area contributed by atoms with Crippen molar-refractivity contribution in [3.05, 3.63) is 30.0 Å². The molecule has 4 N–H and O–H groups in total. The first-order valence-corrected chi connectivity index (χ1v) is 13.4. The van der Waals surface area contributed by atoms with Crippen molar-refractivity contribution in [2.24, 2.45) is 11.7 Å². The van der Waals surface area contributed by atoms with Crippen LogP contribution < -0.4 is 26.0 Å². The molecule has 2 heterocycles. The SMILES string of the molecule is CC(C)C(N)=O.COc1cc(N2CCN(C)CC2)ccc1Nc1ncc(C(F)(F)F)c(NC2CCCCC2)n1. The molecule has 0 bridgehead atoms. The van der Waals surface area contributed by atoms with E-state index in [2.05, 4.69) is 37.4 Å². The molecule has 0 radical (unpaired) electrons. The average molecular weight is 552 g/mol. The van der Waals surface area contributed by atoms with Crippen molar-refractivity contribution in [2.45, 2.75) is 58.2 Å². The number of ether oxygens (including phenoxy) is 1. The van der Waals surface area contributed by atoms with Crippen LogP contribution >= 0.6 is 0 Å². The standard InChI is InChI=1S/C23H31F3N6O.C4H9NO/c1-31-10-12-32(13-11-31)17-8-9-19(20(14-17)33-2)29-22-27-15-18(23(24,25)26)21(30-22)28-16-6-4-3-5-7-16;1-3(2)4(5)6/h8-9,14-16H,3-7,10-13H2,1-2H3,(H2,27,28,29,30);3H,1-2H3,(H2,5,6). The van der Waals surface area contributed by atoms with Crippen LogP contribution in [0.4, 0.5) is 36.3 Å². The number of primary amides is 1. The van der Waals surface area contributed by atoms with E-state index < -0.39 is 11.7 Å². The minimum Gasteiger partial charge on any atom is -0.494 e. The van der Waals surface area contributed by atoms with Gasteiger partial charge in [0, 0.05) is 56.1 Å². The van der Waals surface area contributed by atoms with Gasteiger partial charge >= 0.3 is 6.18 Å². The van der Waals surface area contributed by atoms with Crippen molar-refractivity contribution in [1.82, 2.24) is 14.9 Å². The average Bonchev–Trinajstić information content (AvgIpc) is 2.90. The number of anilines is 4. The molecule has 1 aromatic carbocycles. The molecule has 12 heteroatoms. The largest absolute Gasteiger partial charge is 0.494 e. The number of benzene rings is 1. The Morgan fingerprint density at radius 3 is 2.33 bits per heavy atom. The van der Waals surface area contributed by atoms with Gasteiger partial charge in [-0.3, -0.25) is 4.79 Å². The Morgan fingerprint density at radius 1 is 1.13 bits per heavy atom. The number of halogens is 3. The van der Waals surface area contributed by atoms with Crippen LogP contribution in [0.1, 0.15) is 51.5 Å². The molecule has 0 unspecified atom stereocenters. The molecule has 1 amide bonds. The molecule has 9 nitrogen and oxygen atoms in total. The monoisotopic (exact) mass is 551 g/mol. The number of rotatable bonds is 7. The van der Waals surface area contributed by atoms with Crippen molar-refractivity contribution in [3.8, 4) is 5.75 Å². The normalized spacial score (nSPS) is 16.9. The second-order valence-electron chi connectivity index (χ2n) is 10.3. The number of likely N-dealkylation sites (N-methyl/N-ethyl adjacent to an activating group) is 1. The van der Waals surface area contributed by atoms with Crippen molar-refractivity contribution in [2.75, 3.05) is 55.9 Å². The van der Waals surface area contributed by atoms with Gasteiger partial charge in [0.25, 0.3) is 0 Å². The first-order valence-electron chi connectivity index (χ1n) is 13.4. The zero-order valence-electron chi connectivity index (χ0n) is 23.1. The number of hydrogen-bond donors (Lipinski definition) is 3. The quantitative estimate of drug-likeness (QED) is 0.447. The number of nitrogens with one attached hydrogen (secondary N) is 2. The maximum atomic E-state index is 13.6. The second-order valence-corrected chi connectivity index (χ2v) is 10.3. The summed E-state index contributed by atoms with van der Waals surface area (Å²) < 4.78 is 46.2. The summed E-state index contributed by atoms with van der Waals surface area (Å²) in [4.78, 5) is 22.6. The fourth-order valence-corrected chi connectivity index (χ4v) is 4.36. The highest BCUT2D eigenvalue weighted by Gasteiger charge is 2.36. The highest BCUT2D eigenvalue weighted by Crippen LogP contribution is 2.36. The Bertz CT molecular complexity index is 1080. The van der Waals surface area contributed by atoms with Crippen molar-refractivity contribution < 1.29 is 22.7 Å². The zero-order valence-corrected chi connectivity index (χ0v) is 23.1. The van der Waals surface area contributed by atoms with Gasteiger partial charge in [0.05, 0.1) is 12.8 Å². The number of aromatic nitrogens is 2. The molecular formula is C27H40F3N7O2. The summed E-state index contributed by atoms with van der Waals surface area (Å²) in [6, 6.07) is 5.74. The number of methoxy groups -OCH3 is 1. The third-order valence-electron chi connectivity index (χ3n) is 6.91. The first-order chi connectivity index (χ1) is 18.5. The molecule has 39 heavy (non-hydrogen) atoms. The number of nitrogens with two attached hydrogens (primary N) is 1. The number of hydrogen-bond acceptors (Lipinski definition) is 8. The summed E-state index contributed by atoms with van der Waals surface area (Å²) >= 11 is 0. The topological polar surface area (TPSA) is 109 Å². The summed E-state index contributed by atoms with van der Waals surface area (Å²) in [5.74, 6) is 0.239. The van der Waals surface area contributed by atoms with Crippen molar-refractivity contribution in [3.63, 3.8) is 0 Å². The van der Waals surface area contributed by atoms with Gasteiger partial charge in [-0.15, -0.1) is 0 Å². The van der Waals surface area contributed by atoms with Gasteiger partial charge in [-0.25, -0.2) is 4.98 Å². The molecule has 0 spiro atoms. The summed E-state index contributed by atoms with van der Waals surface area (Å²) in [6.45, 7) is 7.34. The highest BCUT2D eigenvalue weighted by atomic mass is 19.4. The molecule has 1 saturated carbocycles. The molecule has 1 aliphatic heterocycles. The molecule has 2 aliphatic rings. The fourth-order valence-electron chi connectivity index (χ4n) is 4.36. The van der Waals surface area contributed by atoms with Gasteiger partial charge in [0.15, 0.2) is 0 Å². The van der Waals surface area contributed by atoms with Crippen molar-refractivity contribution in [1.29, 1.82) is 0 Å². The van der Waals surface area contributed by atoms with Gasteiger partial charge in [-0.1, -0.05) is 33.1 Å². The Kier molecular flexibility index (Phi) is 10.6. The lowest BCUT2D eigenvalue weighted by atomic mass is 9.95. The lowest BCUT2D eigenvalue weighted by Crippen LogP contribution is -2.44. The number of carbonyl (C=O) groups is 1. The van der Waals surface area contributed by atoms with E-state index in [9.17, 15) is 18.0 Å². The predicted molar refractivity (Wildman–Crippen MR) is 148 cm³/mol. The molecular weight excluding hydrogens is 511 g/mol. The Hall–Kier alpha value is -3.28. The maximum absolute atomic E-state index is 13.6. The number of alkyl halides is 3. The Labute approximate surface area is 228 Å². The third kappa shape index (κ3) is 8.87. The fraction of sp³-hybridized carbons (Fsp3) is 0.593. The summed E-state index contributed by atoms with van der Waals surface area (Å²) in [5, 5.41) is 6.05. The van der Waals surface area contributed by atoms with E-state index in [0.717, 1.165) is 70.2 Å². The summed E-state index contributed by atoms with van der Waals surface area (Å²) in [7, 11) is 3.67. The molecule has 4 rings (SSSR count). The first kappa shape index (κ1) is 30.3. The van der Waals surface area contributed by atoms with Gasteiger partial charge in [-0.05, 0) is 32.0 Å². The van der Waals surface area contributed by atoms with E-state index in [0.29, 0.717) is 11.4 Å². The lowest BCUT2D eigenvalue weighted by molar-refractivity contribution is -0.137. The van der Waals surface area contributed by atoms with Crippen LogP contribution in [0.2, 0.25) is 0 Å². The Balaban J connectivity index is 0.000000631. The smallest absolute Gasteiger partial charge is 0.421 e. The third-order valence-corrected chi connectivity index (χ3v) is 6.91. The van der Waals surface area contributed by atoms with Crippen LogP contribution in [-0.2, 0) is 11.0 Å². The summed E-state index contributed by atoms with van der Waals surface area (Å²) in [5.41, 5.74) is 5.58. The van der Waals surface area contributed by atoms with E-state index in [-0.39, 0.29) is 29.6 Å². The second kappa shape index (κ2) is 13.7. The van der Waals surface area contributed by atoms with Gasteiger partial charge in [0.1, 0.15) is 17.1 Å². The van der Waals surface area contributed by atoms with Crippen LogP contribution in [0.3, 0.4) is 0 Å². The number of amides is 1. The summed E-state index contributed by atoms with van der Waals surface area (Å²) in [6.07, 6.45) is 1.11. The minimum absolute atomic E-state index is 0.00926. The van der Waals surface area contributed by atoms with E-state index in [1.807, 2.05) is 18.2 Å². The van der Waals surface area contributed by atoms with E-state index in [1.165, 1.54) is 0 Å². The zero-order chi connectivity index (χ0) is 28.6. The van der Waals surface area contributed by atoms with E-state index in [4.69, 9.17) is 10.5 Å². The van der Waals surface area contributed by atoms with Crippen LogP contribution in [0.15, 0.2) is 24.4 Å². The number of carbonyl (C=O) groups excluding carboxylic acids is 1. The predicted octanol–water partition coefficient (Wildman–Crippen LogP) is 4.87. The van der Waals surface area contributed by atoms with E-state index in [1.54, 1.807) is 21.0 Å². The van der Waals surface area contributed by atoms with E-state index >= 15 is 0 Å². The molecule has 1 aromatic heterocycles. The maximum Gasteiger partial charge on any atom is 0.421 e. The molecule has 0 atom stereocenters. The van der Waals surface area contributed by atoms with Crippen LogP contribution in [0, 0.1) is 5.92 Å². The minimum atomic E-state index is -4.53. The van der Waals surface area contributed by atoms with Crippen LogP contribution in [0.25, 0.3) is 0 Å². The van der Waals surface area contributed by atoms with Gasteiger partial charge < -0.3 is 30.9 Å². The Morgan fingerprint density at radius 2 is 1.77 bits per heavy atom. The molecule has 216 valence electrons. The highest BCUT2D eigenvalue weighted by molar-refractivity contribution is 5.75. The van der Waals surface area contributed by atoms with Gasteiger partial charge in [0.2, 0.25) is 11.9 Å².